The van der Waals surface area contributed by atoms with E-state index in [1.54, 1.807) is 4.90 Å². The quantitative estimate of drug-likeness (QED) is 0.819. The molecule has 0 aliphatic carbocycles. The van der Waals surface area contributed by atoms with Crippen LogP contribution in [0.2, 0.25) is 0 Å². The zero-order chi connectivity index (χ0) is 13.9. The standard InChI is InChI=1S/C13H25NO4/c1-9(2)11-8-17-10(7-15)6-14(11)12(16)18-13(3,4)5/h9-11,15H,6-8H2,1-5H3/t10-,11+/m0/s1. The number of hydrogen-bond acceptors (Lipinski definition) is 4. The molecule has 1 aliphatic heterocycles. The maximum Gasteiger partial charge on any atom is 0.410 e. The van der Waals surface area contributed by atoms with Crippen LogP contribution in [0, 0.1) is 5.92 Å². The summed E-state index contributed by atoms with van der Waals surface area (Å²) < 4.78 is 10.9. The summed E-state index contributed by atoms with van der Waals surface area (Å²) in [6.45, 7) is 10.4. The summed E-state index contributed by atoms with van der Waals surface area (Å²) in [6, 6.07) is 0.00245. The van der Waals surface area contributed by atoms with Crippen molar-refractivity contribution in [2.24, 2.45) is 5.92 Å². The molecule has 1 aliphatic rings. The molecular formula is C13H25NO4. The van der Waals surface area contributed by atoms with Gasteiger partial charge >= 0.3 is 6.09 Å². The van der Waals surface area contributed by atoms with Crippen LogP contribution in [0.1, 0.15) is 34.6 Å². The Hall–Kier alpha value is -0.810. The second kappa shape index (κ2) is 5.89. The van der Waals surface area contributed by atoms with Crippen LogP contribution in [0.3, 0.4) is 0 Å². The first-order chi connectivity index (χ1) is 8.24. The summed E-state index contributed by atoms with van der Waals surface area (Å²) in [5.41, 5.74) is -0.508. The third-order valence-corrected chi connectivity index (χ3v) is 2.90. The molecule has 1 fully saturated rings. The number of carbonyl (C=O) groups is 1. The summed E-state index contributed by atoms with van der Waals surface area (Å²) in [7, 11) is 0. The van der Waals surface area contributed by atoms with E-state index in [4.69, 9.17) is 14.6 Å². The van der Waals surface area contributed by atoms with Crippen molar-refractivity contribution < 1.29 is 19.4 Å². The Kier molecular flexibility index (Phi) is 4.99. The van der Waals surface area contributed by atoms with Crippen molar-refractivity contribution in [3.8, 4) is 0 Å². The van der Waals surface area contributed by atoms with Crippen molar-refractivity contribution in [1.29, 1.82) is 0 Å². The minimum atomic E-state index is -0.508. The molecule has 18 heavy (non-hydrogen) atoms. The summed E-state index contributed by atoms with van der Waals surface area (Å²) >= 11 is 0. The molecule has 1 N–H and O–H groups in total. The molecule has 1 amide bonds. The van der Waals surface area contributed by atoms with Gasteiger partial charge in [0.25, 0.3) is 0 Å². The average Bonchev–Trinajstić information content (AvgIpc) is 2.25. The molecule has 0 bridgehead atoms. The highest BCUT2D eigenvalue weighted by molar-refractivity contribution is 5.68. The Morgan fingerprint density at radius 3 is 2.56 bits per heavy atom. The van der Waals surface area contributed by atoms with Gasteiger partial charge in [0.15, 0.2) is 0 Å². The van der Waals surface area contributed by atoms with E-state index < -0.39 is 5.60 Å². The molecule has 0 saturated carbocycles. The van der Waals surface area contributed by atoms with Gasteiger partial charge in [0, 0.05) is 0 Å². The molecule has 106 valence electrons. The third kappa shape index (κ3) is 4.14. The maximum atomic E-state index is 12.2. The van der Waals surface area contributed by atoms with E-state index in [0.717, 1.165) is 0 Å². The van der Waals surface area contributed by atoms with Crippen LogP contribution in [-0.2, 0) is 9.47 Å². The van der Waals surface area contributed by atoms with E-state index in [0.29, 0.717) is 13.2 Å². The van der Waals surface area contributed by atoms with Gasteiger partial charge in [-0.05, 0) is 26.7 Å². The largest absolute Gasteiger partial charge is 0.444 e. The Morgan fingerprint density at radius 1 is 1.50 bits per heavy atom. The lowest BCUT2D eigenvalue weighted by molar-refractivity contribution is -0.0937. The fraction of sp³-hybridized carbons (Fsp3) is 0.923. The van der Waals surface area contributed by atoms with Crippen LogP contribution in [0.5, 0.6) is 0 Å². The molecule has 1 rings (SSSR count). The highest BCUT2D eigenvalue weighted by Crippen LogP contribution is 2.21. The van der Waals surface area contributed by atoms with Crippen LogP contribution >= 0.6 is 0 Å². The van der Waals surface area contributed by atoms with Gasteiger partial charge in [-0.15, -0.1) is 0 Å². The Balaban J connectivity index is 2.74. The molecule has 0 aromatic heterocycles. The summed E-state index contributed by atoms with van der Waals surface area (Å²) in [6.07, 6.45) is -0.643. The Bertz CT molecular complexity index is 285. The molecule has 0 aromatic rings. The average molecular weight is 259 g/mol. The van der Waals surface area contributed by atoms with Crippen molar-refractivity contribution >= 4 is 6.09 Å². The molecule has 0 spiro atoms. The van der Waals surface area contributed by atoms with E-state index in [1.807, 2.05) is 34.6 Å². The molecule has 1 saturated heterocycles. The number of amides is 1. The minimum absolute atomic E-state index is 0.00245. The predicted molar refractivity (Wildman–Crippen MR) is 68.4 cm³/mol. The number of ether oxygens (including phenoxy) is 2. The smallest absolute Gasteiger partial charge is 0.410 e. The molecule has 0 aromatic carbocycles. The topological polar surface area (TPSA) is 59.0 Å². The lowest BCUT2D eigenvalue weighted by Gasteiger charge is -2.41. The van der Waals surface area contributed by atoms with Gasteiger partial charge in [0.2, 0.25) is 0 Å². The van der Waals surface area contributed by atoms with Gasteiger partial charge in [-0.3, -0.25) is 4.90 Å². The zero-order valence-corrected chi connectivity index (χ0v) is 12.0. The van der Waals surface area contributed by atoms with Gasteiger partial charge in [0.1, 0.15) is 5.60 Å². The Morgan fingerprint density at radius 2 is 2.11 bits per heavy atom. The highest BCUT2D eigenvalue weighted by atomic mass is 16.6. The number of nitrogens with zero attached hydrogens (tertiary/aromatic N) is 1. The summed E-state index contributed by atoms with van der Waals surface area (Å²) in [4.78, 5) is 13.8. The molecule has 0 unspecified atom stereocenters. The lowest BCUT2D eigenvalue weighted by Crippen LogP contribution is -2.56. The van der Waals surface area contributed by atoms with Gasteiger partial charge in [0.05, 0.1) is 31.9 Å². The number of carbonyl (C=O) groups excluding carboxylic acids is 1. The number of aliphatic hydroxyl groups excluding tert-OH is 1. The fourth-order valence-electron chi connectivity index (χ4n) is 1.93. The molecule has 5 heteroatoms. The van der Waals surface area contributed by atoms with E-state index >= 15 is 0 Å². The molecular weight excluding hydrogens is 234 g/mol. The van der Waals surface area contributed by atoms with E-state index in [1.165, 1.54) is 0 Å². The second-order valence-electron chi connectivity index (χ2n) is 6.08. The summed E-state index contributed by atoms with van der Waals surface area (Å²) in [5, 5.41) is 9.14. The number of rotatable bonds is 2. The summed E-state index contributed by atoms with van der Waals surface area (Å²) in [5.74, 6) is 0.289. The van der Waals surface area contributed by atoms with Crippen molar-refractivity contribution in [3.05, 3.63) is 0 Å². The Labute approximate surface area is 109 Å². The van der Waals surface area contributed by atoms with E-state index in [9.17, 15) is 4.79 Å². The molecule has 2 atom stereocenters. The first-order valence-corrected chi connectivity index (χ1v) is 6.46. The van der Waals surface area contributed by atoms with E-state index in [2.05, 4.69) is 0 Å². The number of hydrogen-bond donors (Lipinski definition) is 1. The SMILES string of the molecule is CC(C)[C@H]1CO[C@H](CO)CN1C(=O)OC(C)(C)C. The monoisotopic (exact) mass is 259 g/mol. The maximum absolute atomic E-state index is 12.2. The normalized spacial score (nSPS) is 25.4. The second-order valence-corrected chi connectivity index (χ2v) is 6.08. The van der Waals surface area contributed by atoms with Gasteiger partial charge in [-0.25, -0.2) is 4.79 Å². The van der Waals surface area contributed by atoms with Crippen molar-refractivity contribution in [2.75, 3.05) is 19.8 Å². The minimum Gasteiger partial charge on any atom is -0.444 e. The first kappa shape index (κ1) is 15.2. The van der Waals surface area contributed by atoms with Gasteiger partial charge < -0.3 is 14.6 Å². The van der Waals surface area contributed by atoms with Crippen LogP contribution in [-0.4, -0.2) is 53.6 Å². The van der Waals surface area contributed by atoms with Crippen LogP contribution < -0.4 is 0 Å². The fourth-order valence-corrected chi connectivity index (χ4v) is 1.93. The first-order valence-electron chi connectivity index (χ1n) is 6.46. The van der Waals surface area contributed by atoms with Crippen molar-refractivity contribution in [3.63, 3.8) is 0 Å². The molecule has 0 radical (unpaired) electrons. The number of aliphatic hydroxyl groups is 1. The molecule has 1 heterocycles. The van der Waals surface area contributed by atoms with Crippen molar-refractivity contribution in [2.45, 2.75) is 52.4 Å². The van der Waals surface area contributed by atoms with Crippen molar-refractivity contribution in [1.82, 2.24) is 4.90 Å². The number of morpholine rings is 1. The van der Waals surface area contributed by atoms with Crippen LogP contribution in [0.25, 0.3) is 0 Å². The van der Waals surface area contributed by atoms with Crippen LogP contribution in [0.4, 0.5) is 4.79 Å². The lowest BCUT2D eigenvalue weighted by atomic mass is 10.0. The third-order valence-electron chi connectivity index (χ3n) is 2.90. The van der Waals surface area contributed by atoms with Crippen LogP contribution in [0.15, 0.2) is 0 Å². The highest BCUT2D eigenvalue weighted by Gasteiger charge is 2.36. The zero-order valence-electron chi connectivity index (χ0n) is 12.0. The predicted octanol–water partition coefficient (Wildman–Crippen LogP) is 1.64. The van der Waals surface area contributed by atoms with Gasteiger partial charge in [-0.1, -0.05) is 13.8 Å². The van der Waals surface area contributed by atoms with Gasteiger partial charge in [-0.2, -0.15) is 0 Å². The molecule has 5 nitrogen and oxygen atoms in total. The van der Waals surface area contributed by atoms with E-state index in [-0.39, 0.29) is 30.8 Å².